The Morgan fingerprint density at radius 2 is 2.25 bits per heavy atom. The smallest absolute Gasteiger partial charge is 0.176 e. The molecule has 1 rings (SSSR count). The minimum Gasteiger partial charge on any atom is -0.496 e. The molecule has 1 atom stereocenters. The molecule has 0 aliphatic heterocycles. The topological polar surface area (TPSA) is 53.3 Å². The van der Waals surface area contributed by atoms with Crippen molar-refractivity contribution < 1.29 is 9.53 Å². The van der Waals surface area contributed by atoms with Gasteiger partial charge in [0.15, 0.2) is 5.78 Å². The Morgan fingerprint density at radius 1 is 1.55 bits per heavy atom. The fourth-order valence-electron chi connectivity index (χ4n) is 1.87. The number of methoxy groups -OCH3 is 1. The lowest BCUT2D eigenvalue weighted by atomic mass is 10.1. The number of hydrogen-bond donors (Lipinski definition) is 0. The first-order chi connectivity index (χ1) is 9.51. The van der Waals surface area contributed by atoms with E-state index in [1.807, 2.05) is 18.7 Å². The van der Waals surface area contributed by atoms with E-state index in [0.29, 0.717) is 24.4 Å². The number of likely N-dealkylation sites (N-methyl/N-ethyl adjacent to an activating group) is 1. The Morgan fingerprint density at radius 3 is 2.75 bits per heavy atom. The van der Waals surface area contributed by atoms with Gasteiger partial charge in [-0.05, 0) is 47.6 Å². The molecular weight excluding hydrogens is 320 g/mol. The minimum absolute atomic E-state index is 0.0420. The lowest BCUT2D eigenvalue weighted by Crippen LogP contribution is -2.33. The summed E-state index contributed by atoms with van der Waals surface area (Å²) < 4.78 is 5.91. The molecule has 0 saturated carbocycles. The fourth-order valence-corrected chi connectivity index (χ4v) is 2.41. The van der Waals surface area contributed by atoms with Crippen LogP contribution in [0.1, 0.15) is 24.2 Å². The highest BCUT2D eigenvalue weighted by Crippen LogP contribution is 2.25. The van der Waals surface area contributed by atoms with Gasteiger partial charge in [0.25, 0.3) is 0 Å². The lowest BCUT2D eigenvalue weighted by Gasteiger charge is -2.20. The summed E-state index contributed by atoms with van der Waals surface area (Å²) in [6.45, 7) is 5.52. The summed E-state index contributed by atoms with van der Waals surface area (Å²) in [7, 11) is 1.59. The van der Waals surface area contributed by atoms with Crippen molar-refractivity contribution in [1.29, 1.82) is 5.26 Å². The summed E-state index contributed by atoms with van der Waals surface area (Å²) in [4.78, 5) is 14.2. The Kier molecular flexibility index (Phi) is 6.69. The molecule has 1 aromatic carbocycles. The van der Waals surface area contributed by atoms with Crippen molar-refractivity contribution in [2.24, 2.45) is 5.92 Å². The van der Waals surface area contributed by atoms with Crippen LogP contribution in [0.3, 0.4) is 0 Å². The van der Waals surface area contributed by atoms with E-state index in [9.17, 15) is 4.79 Å². The van der Waals surface area contributed by atoms with Crippen LogP contribution in [0, 0.1) is 17.2 Å². The van der Waals surface area contributed by atoms with Crippen LogP contribution in [-0.4, -0.2) is 37.4 Å². The Hall–Kier alpha value is -1.38. The SMILES string of the molecule is CCN(CC(=O)c1ccc(OC)c(Br)c1)CC(C)C#N. The third-order valence-corrected chi connectivity index (χ3v) is 3.66. The van der Waals surface area contributed by atoms with Crippen LogP contribution in [0.5, 0.6) is 5.75 Å². The predicted molar refractivity (Wildman–Crippen MR) is 81.9 cm³/mol. The number of ether oxygens (including phenoxy) is 1. The normalized spacial score (nSPS) is 12.0. The van der Waals surface area contributed by atoms with Crippen molar-refractivity contribution >= 4 is 21.7 Å². The summed E-state index contributed by atoms with van der Waals surface area (Å²) in [5.74, 6) is 0.665. The molecule has 20 heavy (non-hydrogen) atoms. The third-order valence-electron chi connectivity index (χ3n) is 3.04. The number of nitrogens with zero attached hydrogens (tertiary/aromatic N) is 2. The number of ketones is 1. The molecular formula is C15H19BrN2O2. The zero-order valence-corrected chi connectivity index (χ0v) is 13.6. The van der Waals surface area contributed by atoms with Crippen molar-refractivity contribution in [2.45, 2.75) is 13.8 Å². The molecule has 0 aliphatic carbocycles. The Balaban J connectivity index is 2.74. The molecule has 0 bridgehead atoms. The fraction of sp³-hybridized carbons (Fsp3) is 0.467. The number of Topliss-reactive ketones (excluding diaryl/α,β-unsaturated/α-hetero) is 1. The molecule has 0 heterocycles. The van der Waals surface area contributed by atoms with Gasteiger partial charge in [-0.15, -0.1) is 0 Å². The molecule has 0 amide bonds. The van der Waals surface area contributed by atoms with E-state index in [1.165, 1.54) is 0 Å². The van der Waals surface area contributed by atoms with E-state index < -0.39 is 0 Å². The molecule has 0 radical (unpaired) electrons. The maximum Gasteiger partial charge on any atom is 0.176 e. The number of nitriles is 1. The third kappa shape index (κ3) is 4.62. The van der Waals surface area contributed by atoms with Gasteiger partial charge in [-0.25, -0.2) is 0 Å². The number of benzene rings is 1. The summed E-state index contributed by atoms with van der Waals surface area (Å²) in [6.07, 6.45) is 0. The van der Waals surface area contributed by atoms with E-state index >= 15 is 0 Å². The summed E-state index contributed by atoms with van der Waals surface area (Å²) in [5, 5.41) is 8.84. The van der Waals surface area contributed by atoms with E-state index in [2.05, 4.69) is 22.0 Å². The van der Waals surface area contributed by atoms with Gasteiger partial charge in [0.1, 0.15) is 5.75 Å². The first kappa shape index (κ1) is 16.7. The molecule has 0 spiro atoms. The number of halogens is 1. The molecule has 0 N–H and O–H groups in total. The monoisotopic (exact) mass is 338 g/mol. The number of carbonyl (C=O) groups excluding carboxylic acids is 1. The van der Waals surface area contributed by atoms with Crippen molar-refractivity contribution in [3.8, 4) is 11.8 Å². The number of hydrogen-bond acceptors (Lipinski definition) is 4. The van der Waals surface area contributed by atoms with Crippen molar-refractivity contribution in [3.05, 3.63) is 28.2 Å². The Labute approximate surface area is 128 Å². The molecule has 1 aromatic rings. The highest BCUT2D eigenvalue weighted by Gasteiger charge is 2.15. The van der Waals surface area contributed by atoms with E-state index in [4.69, 9.17) is 10.00 Å². The predicted octanol–water partition coefficient (Wildman–Crippen LogP) is 3.12. The first-order valence-electron chi connectivity index (χ1n) is 6.50. The first-order valence-corrected chi connectivity index (χ1v) is 7.29. The van der Waals surface area contributed by atoms with Gasteiger partial charge in [-0.1, -0.05) is 6.92 Å². The largest absolute Gasteiger partial charge is 0.496 e. The second kappa shape index (κ2) is 8.03. The van der Waals surface area contributed by atoms with Gasteiger partial charge in [0, 0.05) is 12.1 Å². The molecule has 5 heteroatoms. The van der Waals surface area contributed by atoms with E-state index in [1.54, 1.807) is 25.3 Å². The standard InChI is InChI=1S/C15H19BrN2O2/c1-4-18(9-11(2)8-17)10-14(19)12-5-6-15(20-3)13(16)7-12/h5-7,11H,4,9-10H2,1-3H3. The second-order valence-corrected chi connectivity index (χ2v) is 5.48. The second-order valence-electron chi connectivity index (χ2n) is 4.63. The maximum atomic E-state index is 12.2. The van der Waals surface area contributed by atoms with Gasteiger partial charge in [-0.3, -0.25) is 9.69 Å². The molecule has 108 valence electrons. The molecule has 1 unspecified atom stereocenters. The average Bonchev–Trinajstić information content (AvgIpc) is 2.45. The average molecular weight is 339 g/mol. The zero-order chi connectivity index (χ0) is 15.1. The maximum absolute atomic E-state index is 12.2. The molecule has 0 fully saturated rings. The van der Waals surface area contributed by atoms with Gasteiger partial charge >= 0.3 is 0 Å². The van der Waals surface area contributed by atoms with Crippen LogP contribution in [0.25, 0.3) is 0 Å². The number of rotatable bonds is 7. The zero-order valence-electron chi connectivity index (χ0n) is 12.0. The highest BCUT2D eigenvalue weighted by molar-refractivity contribution is 9.10. The molecule has 0 aliphatic rings. The van der Waals surface area contributed by atoms with E-state index in [-0.39, 0.29) is 11.7 Å². The van der Waals surface area contributed by atoms with Crippen LogP contribution in [-0.2, 0) is 0 Å². The highest BCUT2D eigenvalue weighted by atomic mass is 79.9. The number of carbonyl (C=O) groups is 1. The summed E-state index contributed by atoms with van der Waals surface area (Å²) >= 11 is 3.38. The Bertz CT molecular complexity index is 511. The molecule has 0 aromatic heterocycles. The van der Waals surface area contributed by atoms with Crippen molar-refractivity contribution in [3.63, 3.8) is 0 Å². The van der Waals surface area contributed by atoms with Gasteiger partial charge < -0.3 is 4.74 Å². The summed E-state index contributed by atoms with van der Waals surface area (Å²) in [5.41, 5.74) is 0.640. The van der Waals surface area contributed by atoms with Crippen LogP contribution in [0.4, 0.5) is 0 Å². The minimum atomic E-state index is -0.0784. The van der Waals surface area contributed by atoms with Crippen molar-refractivity contribution in [2.75, 3.05) is 26.7 Å². The van der Waals surface area contributed by atoms with E-state index in [0.717, 1.165) is 11.0 Å². The van der Waals surface area contributed by atoms with Gasteiger partial charge in [0.2, 0.25) is 0 Å². The lowest BCUT2D eigenvalue weighted by molar-refractivity contribution is 0.0929. The van der Waals surface area contributed by atoms with Gasteiger partial charge in [-0.2, -0.15) is 5.26 Å². The molecule has 0 saturated heterocycles. The van der Waals surface area contributed by atoms with Gasteiger partial charge in [0.05, 0.1) is 30.1 Å². The summed E-state index contributed by atoms with van der Waals surface area (Å²) in [6, 6.07) is 7.48. The quantitative estimate of drug-likeness (QED) is 0.716. The van der Waals surface area contributed by atoms with Crippen molar-refractivity contribution in [1.82, 2.24) is 4.90 Å². The van der Waals surface area contributed by atoms with Crippen LogP contribution in [0.2, 0.25) is 0 Å². The van der Waals surface area contributed by atoms with Crippen LogP contribution in [0.15, 0.2) is 22.7 Å². The van der Waals surface area contributed by atoms with Crippen LogP contribution >= 0.6 is 15.9 Å². The molecule has 4 nitrogen and oxygen atoms in total. The van der Waals surface area contributed by atoms with Crippen LogP contribution < -0.4 is 4.74 Å².